The Kier molecular flexibility index (Phi) is 2.56. The van der Waals surface area contributed by atoms with Crippen LogP contribution in [0.2, 0.25) is 0 Å². The van der Waals surface area contributed by atoms with Crippen molar-refractivity contribution >= 4 is 27.7 Å². The summed E-state index contributed by atoms with van der Waals surface area (Å²) in [7, 11) is 0. The minimum Gasteiger partial charge on any atom is -0.369 e. The number of hydrogen-bond donors (Lipinski definition) is 2. The Morgan fingerprint density at radius 2 is 1.79 bits per heavy atom. The smallest absolute Gasteiger partial charge is 0.221 e. The molecule has 3 rings (SSSR count). The molecule has 2 aromatic carbocycles. The molecule has 4 nitrogen and oxygen atoms in total. The van der Waals surface area contributed by atoms with Gasteiger partial charge in [-0.15, -0.1) is 0 Å². The van der Waals surface area contributed by atoms with E-state index in [0.29, 0.717) is 16.3 Å². The number of rotatable bonds is 2. The number of aromatic nitrogens is 1. The maximum Gasteiger partial charge on any atom is 0.221 e. The van der Waals surface area contributed by atoms with Gasteiger partial charge in [-0.05, 0) is 23.8 Å². The van der Waals surface area contributed by atoms with Gasteiger partial charge in [-0.25, -0.2) is 0 Å². The lowest BCUT2D eigenvalue weighted by Gasteiger charge is -2.06. The minimum absolute atomic E-state index is 0.0682. The van der Waals surface area contributed by atoms with E-state index in [1.807, 2.05) is 30.3 Å². The molecule has 0 aliphatic rings. The summed E-state index contributed by atoms with van der Waals surface area (Å²) in [6, 6.07) is 12.7. The highest BCUT2D eigenvalue weighted by molar-refractivity contribution is 5.95. The Labute approximate surface area is 108 Å². The summed E-state index contributed by atoms with van der Waals surface area (Å²) < 4.78 is 0. The van der Waals surface area contributed by atoms with Gasteiger partial charge < -0.3 is 10.7 Å². The number of pyridine rings is 1. The monoisotopic (exact) mass is 252 g/mol. The second-order valence-corrected chi connectivity index (χ2v) is 4.48. The molecule has 0 saturated heterocycles. The summed E-state index contributed by atoms with van der Waals surface area (Å²) in [5.74, 6) is -0.444. The minimum atomic E-state index is -0.444. The van der Waals surface area contributed by atoms with Gasteiger partial charge >= 0.3 is 0 Å². The fourth-order valence-electron chi connectivity index (χ4n) is 2.38. The van der Waals surface area contributed by atoms with E-state index in [1.54, 1.807) is 12.1 Å². The lowest BCUT2D eigenvalue weighted by Crippen LogP contribution is -2.16. The van der Waals surface area contributed by atoms with Crippen molar-refractivity contribution in [3.8, 4) is 0 Å². The third-order valence-corrected chi connectivity index (χ3v) is 3.18. The molecule has 19 heavy (non-hydrogen) atoms. The molecule has 0 fully saturated rings. The second kappa shape index (κ2) is 4.24. The van der Waals surface area contributed by atoms with Crippen molar-refractivity contribution in [1.82, 2.24) is 4.98 Å². The van der Waals surface area contributed by atoms with Crippen LogP contribution in [0.4, 0.5) is 0 Å². The van der Waals surface area contributed by atoms with Crippen LogP contribution in [0, 0.1) is 0 Å². The zero-order valence-corrected chi connectivity index (χ0v) is 10.1. The predicted octanol–water partition coefficient (Wildman–Crippen LogP) is 1.71. The number of nitrogens with one attached hydrogen (secondary N) is 1. The molecule has 0 saturated carbocycles. The lowest BCUT2D eigenvalue weighted by molar-refractivity contribution is -0.117. The van der Waals surface area contributed by atoms with Gasteiger partial charge in [-0.2, -0.15) is 0 Å². The molecule has 0 radical (unpaired) electrons. The summed E-state index contributed by atoms with van der Waals surface area (Å²) in [5, 5.41) is 1.16. The van der Waals surface area contributed by atoms with Crippen LogP contribution in [0.25, 0.3) is 21.8 Å². The van der Waals surface area contributed by atoms with Crippen molar-refractivity contribution in [2.75, 3.05) is 0 Å². The molecular formula is C15H12N2O2. The van der Waals surface area contributed by atoms with Gasteiger partial charge in [0, 0.05) is 16.3 Å². The van der Waals surface area contributed by atoms with E-state index in [0.717, 1.165) is 11.0 Å². The van der Waals surface area contributed by atoms with Gasteiger partial charge in [0.25, 0.3) is 0 Å². The number of aromatic amines is 1. The number of carbonyl (C=O) groups is 1. The molecule has 3 N–H and O–H groups in total. The van der Waals surface area contributed by atoms with Crippen molar-refractivity contribution in [2.24, 2.45) is 5.73 Å². The van der Waals surface area contributed by atoms with Crippen LogP contribution in [-0.4, -0.2) is 10.9 Å². The fraction of sp³-hybridized carbons (Fsp3) is 0.0667. The number of H-pyrrole nitrogens is 1. The zero-order valence-electron chi connectivity index (χ0n) is 10.1. The Hall–Kier alpha value is -2.62. The van der Waals surface area contributed by atoms with Crippen molar-refractivity contribution in [1.29, 1.82) is 0 Å². The topological polar surface area (TPSA) is 76.0 Å². The van der Waals surface area contributed by atoms with Crippen LogP contribution in [0.5, 0.6) is 0 Å². The first-order valence-corrected chi connectivity index (χ1v) is 5.98. The Morgan fingerprint density at radius 1 is 1.05 bits per heavy atom. The van der Waals surface area contributed by atoms with E-state index >= 15 is 0 Å². The highest BCUT2D eigenvalue weighted by Crippen LogP contribution is 2.18. The molecule has 0 aliphatic carbocycles. The maximum absolute atomic E-state index is 12.5. The van der Waals surface area contributed by atoms with E-state index < -0.39 is 5.91 Å². The van der Waals surface area contributed by atoms with Crippen LogP contribution in [0.1, 0.15) is 5.56 Å². The molecule has 1 aromatic heterocycles. The highest BCUT2D eigenvalue weighted by atomic mass is 16.1. The molecule has 4 heteroatoms. The van der Waals surface area contributed by atoms with Crippen molar-refractivity contribution < 1.29 is 4.79 Å². The van der Waals surface area contributed by atoms with Crippen LogP contribution in [-0.2, 0) is 11.2 Å². The molecule has 3 aromatic rings. The molecule has 0 aliphatic heterocycles. The number of primary amides is 1. The Balaban J connectivity index is 2.45. The largest absolute Gasteiger partial charge is 0.369 e. The van der Waals surface area contributed by atoms with Gasteiger partial charge in [-0.1, -0.05) is 24.3 Å². The van der Waals surface area contributed by atoms with Crippen LogP contribution < -0.4 is 11.2 Å². The number of hydrogen-bond acceptors (Lipinski definition) is 2. The quantitative estimate of drug-likeness (QED) is 0.681. The summed E-state index contributed by atoms with van der Waals surface area (Å²) >= 11 is 0. The molecule has 0 bridgehead atoms. The average molecular weight is 252 g/mol. The Morgan fingerprint density at radius 3 is 2.58 bits per heavy atom. The third kappa shape index (κ3) is 1.87. The summed E-state index contributed by atoms with van der Waals surface area (Å²) in [5.41, 5.74) is 7.34. The number of para-hydroxylation sites is 1. The number of benzene rings is 2. The average Bonchev–Trinajstić information content (AvgIpc) is 2.38. The maximum atomic E-state index is 12.5. The van der Waals surface area contributed by atoms with Crippen LogP contribution in [0.3, 0.4) is 0 Å². The van der Waals surface area contributed by atoms with Crippen LogP contribution in [0.15, 0.2) is 47.3 Å². The SMILES string of the molecule is NC(=O)Cc1cccc2[nH]c3ccccc3c(=O)c12. The molecular weight excluding hydrogens is 240 g/mol. The van der Waals surface area contributed by atoms with Crippen molar-refractivity contribution in [3.05, 3.63) is 58.3 Å². The Bertz CT molecular complexity index is 850. The van der Waals surface area contributed by atoms with E-state index in [2.05, 4.69) is 4.98 Å². The predicted molar refractivity (Wildman–Crippen MR) is 75.0 cm³/mol. The van der Waals surface area contributed by atoms with Crippen molar-refractivity contribution in [3.63, 3.8) is 0 Å². The van der Waals surface area contributed by atoms with E-state index in [9.17, 15) is 9.59 Å². The van der Waals surface area contributed by atoms with E-state index in [4.69, 9.17) is 5.73 Å². The zero-order chi connectivity index (χ0) is 13.4. The molecule has 0 atom stereocenters. The molecule has 0 unspecified atom stereocenters. The lowest BCUT2D eigenvalue weighted by atomic mass is 10.0. The number of nitrogens with two attached hydrogens (primary N) is 1. The summed E-state index contributed by atoms with van der Waals surface area (Å²) in [6.45, 7) is 0. The number of fused-ring (bicyclic) bond motifs is 2. The normalized spacial score (nSPS) is 10.9. The van der Waals surface area contributed by atoms with Crippen LogP contribution >= 0.6 is 0 Å². The van der Waals surface area contributed by atoms with E-state index in [-0.39, 0.29) is 11.8 Å². The fourth-order valence-corrected chi connectivity index (χ4v) is 2.38. The van der Waals surface area contributed by atoms with Gasteiger partial charge in [0.2, 0.25) is 5.91 Å². The van der Waals surface area contributed by atoms with E-state index in [1.165, 1.54) is 0 Å². The van der Waals surface area contributed by atoms with Gasteiger partial charge in [0.1, 0.15) is 0 Å². The first-order chi connectivity index (χ1) is 9.16. The standard InChI is InChI=1S/C15H12N2O2/c16-13(18)8-9-4-3-7-12-14(9)15(19)10-5-1-2-6-11(10)17-12/h1-7H,8H2,(H2,16,18)(H,17,19). The van der Waals surface area contributed by atoms with Gasteiger partial charge in [0.05, 0.1) is 11.9 Å². The highest BCUT2D eigenvalue weighted by Gasteiger charge is 2.10. The molecule has 1 heterocycles. The second-order valence-electron chi connectivity index (χ2n) is 4.48. The first-order valence-electron chi connectivity index (χ1n) is 5.98. The molecule has 0 spiro atoms. The summed E-state index contributed by atoms with van der Waals surface area (Å²) in [4.78, 5) is 26.8. The first kappa shape index (κ1) is 11.5. The molecule has 94 valence electrons. The number of carbonyl (C=O) groups excluding carboxylic acids is 1. The number of amides is 1. The van der Waals surface area contributed by atoms with Gasteiger partial charge in [-0.3, -0.25) is 9.59 Å². The molecule has 1 amide bonds. The van der Waals surface area contributed by atoms with Gasteiger partial charge in [0.15, 0.2) is 5.43 Å². The third-order valence-electron chi connectivity index (χ3n) is 3.18. The van der Waals surface area contributed by atoms with Crippen molar-refractivity contribution in [2.45, 2.75) is 6.42 Å². The summed E-state index contributed by atoms with van der Waals surface area (Å²) in [6.07, 6.45) is 0.0682.